The van der Waals surface area contributed by atoms with Crippen LogP contribution in [0.1, 0.15) is 36.8 Å². The van der Waals surface area contributed by atoms with Gasteiger partial charge in [-0.25, -0.2) is 8.42 Å². The fourth-order valence-electron chi connectivity index (χ4n) is 4.38. The average Bonchev–Trinajstić information content (AvgIpc) is 3.16. The molecule has 1 aliphatic heterocycles. The van der Waals surface area contributed by atoms with Gasteiger partial charge < -0.3 is 5.32 Å². The van der Waals surface area contributed by atoms with Gasteiger partial charge in [-0.05, 0) is 36.5 Å². The number of sulfonamides is 1. The Morgan fingerprint density at radius 3 is 2.44 bits per heavy atom. The van der Waals surface area contributed by atoms with E-state index in [0.717, 1.165) is 25.7 Å². The van der Waals surface area contributed by atoms with Crippen LogP contribution in [0.15, 0.2) is 59.5 Å². The molecule has 2 aliphatic rings. The van der Waals surface area contributed by atoms with Gasteiger partial charge in [0.25, 0.3) is 0 Å². The van der Waals surface area contributed by atoms with Gasteiger partial charge in [0.1, 0.15) is 6.04 Å². The lowest BCUT2D eigenvalue weighted by molar-refractivity contribution is -0.123. The lowest BCUT2D eigenvalue weighted by atomic mass is 9.79. The number of carbonyl (C=O) groups excluding carboxylic acids is 1. The van der Waals surface area contributed by atoms with E-state index in [4.69, 9.17) is 0 Å². The first kappa shape index (κ1) is 18.2. The van der Waals surface area contributed by atoms with Crippen LogP contribution in [0.5, 0.6) is 0 Å². The van der Waals surface area contributed by atoms with Crippen LogP contribution in [0, 0.1) is 0 Å². The van der Waals surface area contributed by atoms with E-state index >= 15 is 0 Å². The topological polar surface area (TPSA) is 75.3 Å². The van der Waals surface area contributed by atoms with Crippen molar-refractivity contribution in [2.75, 3.05) is 6.54 Å². The van der Waals surface area contributed by atoms with Gasteiger partial charge in [-0.3, -0.25) is 4.79 Å². The summed E-state index contributed by atoms with van der Waals surface area (Å²) < 4.78 is 27.4. The van der Waals surface area contributed by atoms with Gasteiger partial charge in [0.05, 0.1) is 4.90 Å². The molecular formula is C21H24N2O3S. The molecule has 0 bridgehead atoms. The highest BCUT2D eigenvalue weighted by Gasteiger charge is 2.38. The van der Waals surface area contributed by atoms with Gasteiger partial charge >= 0.3 is 0 Å². The van der Waals surface area contributed by atoms with Crippen LogP contribution in [-0.4, -0.2) is 26.9 Å². The van der Waals surface area contributed by atoms with E-state index < -0.39 is 16.1 Å². The fourth-order valence-corrected chi connectivity index (χ4v) is 5.83. The summed E-state index contributed by atoms with van der Waals surface area (Å²) in [5, 5.41) is 3.04. The predicted octanol–water partition coefficient (Wildman–Crippen LogP) is 2.52. The second-order valence-electron chi connectivity index (χ2n) is 7.56. The van der Waals surface area contributed by atoms with Crippen molar-refractivity contribution < 1.29 is 13.2 Å². The molecule has 1 atom stereocenters. The first-order chi connectivity index (χ1) is 13.0. The Balaban J connectivity index is 1.50. The van der Waals surface area contributed by atoms with Crippen molar-refractivity contribution >= 4 is 15.9 Å². The minimum absolute atomic E-state index is 0.0532. The van der Waals surface area contributed by atoms with Crippen LogP contribution in [0.2, 0.25) is 0 Å². The Labute approximate surface area is 160 Å². The van der Waals surface area contributed by atoms with Crippen molar-refractivity contribution in [1.29, 1.82) is 0 Å². The SMILES string of the molecule is O=C(NCC1(c2ccccc2)CCCC1)[C@H]1Cc2ccccc2S(=O)(=O)N1. The molecule has 1 heterocycles. The molecule has 1 fully saturated rings. The Hall–Kier alpha value is -2.18. The molecule has 27 heavy (non-hydrogen) atoms. The average molecular weight is 385 g/mol. The number of hydrogen-bond donors (Lipinski definition) is 2. The summed E-state index contributed by atoms with van der Waals surface area (Å²) in [5.41, 5.74) is 1.88. The quantitative estimate of drug-likeness (QED) is 0.851. The highest BCUT2D eigenvalue weighted by atomic mass is 32.2. The summed E-state index contributed by atoms with van der Waals surface area (Å²) >= 11 is 0. The normalized spacial score (nSPS) is 22.7. The monoisotopic (exact) mass is 384 g/mol. The van der Waals surface area contributed by atoms with Crippen LogP contribution in [0.4, 0.5) is 0 Å². The van der Waals surface area contributed by atoms with Crippen molar-refractivity contribution in [1.82, 2.24) is 10.0 Å². The Kier molecular flexibility index (Phi) is 4.78. The number of carbonyl (C=O) groups is 1. The zero-order valence-electron chi connectivity index (χ0n) is 15.1. The van der Waals surface area contributed by atoms with E-state index in [2.05, 4.69) is 22.2 Å². The van der Waals surface area contributed by atoms with Crippen LogP contribution in [-0.2, 0) is 26.7 Å². The molecule has 0 aromatic heterocycles. The number of hydrogen-bond acceptors (Lipinski definition) is 3. The van der Waals surface area contributed by atoms with Gasteiger partial charge in [-0.1, -0.05) is 61.4 Å². The summed E-state index contributed by atoms with van der Waals surface area (Å²) in [6, 6.07) is 16.4. The first-order valence-corrected chi connectivity index (χ1v) is 10.9. The van der Waals surface area contributed by atoms with Crippen molar-refractivity contribution in [3.8, 4) is 0 Å². The summed E-state index contributed by atoms with van der Waals surface area (Å²) in [6.07, 6.45) is 4.75. The highest BCUT2D eigenvalue weighted by Crippen LogP contribution is 2.40. The van der Waals surface area contributed by atoms with E-state index in [-0.39, 0.29) is 16.2 Å². The molecule has 0 spiro atoms. The van der Waals surface area contributed by atoms with Gasteiger partial charge in [0.2, 0.25) is 15.9 Å². The number of amides is 1. The maximum absolute atomic E-state index is 12.8. The minimum Gasteiger partial charge on any atom is -0.354 e. The van der Waals surface area contributed by atoms with E-state index in [0.29, 0.717) is 18.5 Å². The van der Waals surface area contributed by atoms with Gasteiger partial charge in [0, 0.05) is 12.0 Å². The molecule has 142 valence electrons. The van der Waals surface area contributed by atoms with Crippen molar-refractivity contribution in [3.05, 3.63) is 65.7 Å². The molecule has 5 nitrogen and oxygen atoms in total. The lowest BCUT2D eigenvalue weighted by Crippen LogP contribution is -2.52. The van der Waals surface area contributed by atoms with Crippen molar-refractivity contribution in [2.45, 2.75) is 48.5 Å². The molecule has 6 heteroatoms. The molecule has 1 aliphatic carbocycles. The minimum atomic E-state index is -3.65. The molecule has 0 radical (unpaired) electrons. The lowest BCUT2D eigenvalue weighted by Gasteiger charge is -2.31. The second kappa shape index (κ2) is 7.09. The smallest absolute Gasteiger partial charge is 0.241 e. The van der Waals surface area contributed by atoms with Crippen LogP contribution < -0.4 is 10.0 Å². The summed E-state index contributed by atoms with van der Waals surface area (Å²) in [4.78, 5) is 13.1. The Morgan fingerprint density at radius 1 is 1.04 bits per heavy atom. The van der Waals surface area contributed by atoms with Crippen LogP contribution in [0.3, 0.4) is 0 Å². The van der Waals surface area contributed by atoms with E-state index in [1.165, 1.54) is 5.56 Å². The maximum atomic E-state index is 12.8. The number of fused-ring (bicyclic) bond motifs is 1. The third-order valence-electron chi connectivity index (χ3n) is 5.85. The molecule has 0 unspecified atom stereocenters. The van der Waals surface area contributed by atoms with E-state index in [9.17, 15) is 13.2 Å². The zero-order valence-corrected chi connectivity index (χ0v) is 16.0. The molecule has 2 aromatic carbocycles. The molecule has 1 saturated carbocycles. The second-order valence-corrected chi connectivity index (χ2v) is 9.24. The third kappa shape index (κ3) is 3.51. The molecule has 2 N–H and O–H groups in total. The molecular weight excluding hydrogens is 360 g/mol. The molecule has 0 saturated heterocycles. The summed E-state index contributed by atoms with van der Waals surface area (Å²) in [6.45, 7) is 0.537. The van der Waals surface area contributed by atoms with Crippen LogP contribution >= 0.6 is 0 Å². The first-order valence-electron chi connectivity index (χ1n) is 9.44. The van der Waals surface area contributed by atoms with Crippen LogP contribution in [0.25, 0.3) is 0 Å². The maximum Gasteiger partial charge on any atom is 0.241 e. The van der Waals surface area contributed by atoms with Gasteiger partial charge in [0.15, 0.2) is 0 Å². The zero-order chi connectivity index (χ0) is 18.9. The van der Waals surface area contributed by atoms with Crippen molar-refractivity contribution in [3.63, 3.8) is 0 Å². The summed E-state index contributed by atoms with van der Waals surface area (Å²) in [5.74, 6) is -0.254. The largest absolute Gasteiger partial charge is 0.354 e. The Bertz CT molecular complexity index is 935. The van der Waals surface area contributed by atoms with Gasteiger partial charge in [-0.15, -0.1) is 0 Å². The number of benzene rings is 2. The molecule has 4 rings (SSSR count). The van der Waals surface area contributed by atoms with E-state index in [1.807, 2.05) is 18.2 Å². The predicted molar refractivity (Wildman–Crippen MR) is 104 cm³/mol. The molecule has 1 amide bonds. The van der Waals surface area contributed by atoms with Crippen molar-refractivity contribution in [2.24, 2.45) is 0 Å². The number of rotatable bonds is 4. The molecule has 2 aromatic rings. The standard InChI is InChI=1S/C21H24N2O3S/c24-20(18-14-16-8-4-5-11-19(16)27(25,26)23-18)22-15-21(12-6-7-13-21)17-9-2-1-3-10-17/h1-5,8-11,18,23H,6-7,12-15H2,(H,22,24)/t18-/m1/s1. The Morgan fingerprint density at radius 2 is 1.70 bits per heavy atom. The third-order valence-corrected chi connectivity index (χ3v) is 7.42. The summed E-state index contributed by atoms with van der Waals surface area (Å²) in [7, 11) is -3.65. The highest BCUT2D eigenvalue weighted by molar-refractivity contribution is 7.89. The number of nitrogens with one attached hydrogen (secondary N) is 2. The van der Waals surface area contributed by atoms with Gasteiger partial charge in [-0.2, -0.15) is 4.72 Å². The fraction of sp³-hybridized carbons (Fsp3) is 0.381. The van der Waals surface area contributed by atoms with E-state index in [1.54, 1.807) is 24.3 Å².